The summed E-state index contributed by atoms with van der Waals surface area (Å²) in [7, 11) is 0. The Labute approximate surface area is 111 Å². The smallest absolute Gasteiger partial charge is 0.316 e. The molecule has 0 radical (unpaired) electrons. The van der Waals surface area contributed by atoms with E-state index in [0.717, 1.165) is 24.8 Å². The Bertz CT molecular complexity index is 368. The number of benzene rings is 1. The molecule has 4 heteroatoms. The first-order chi connectivity index (χ1) is 8.15. The average molecular weight is 273 g/mol. The topological polar surface area (TPSA) is 37.3 Å². The van der Waals surface area contributed by atoms with Crippen LogP contribution in [0, 0.1) is 0 Å². The van der Waals surface area contributed by atoms with Gasteiger partial charge in [-0.1, -0.05) is 49.6 Å². The van der Waals surface area contributed by atoms with Gasteiger partial charge in [0.1, 0.15) is 5.25 Å². The van der Waals surface area contributed by atoms with Gasteiger partial charge in [0, 0.05) is 10.8 Å². The van der Waals surface area contributed by atoms with Crippen LogP contribution in [0.3, 0.4) is 0 Å². The standard InChI is InChI=1S/C13H17ClO2S/c1-2-3-8-12(13(15)16)17-9-10-6-4-5-7-11(10)14/h4-7,12H,2-3,8-9H2,1H3,(H,15,16). The lowest BCUT2D eigenvalue weighted by Gasteiger charge is -2.12. The van der Waals surface area contributed by atoms with Crippen molar-refractivity contribution in [2.45, 2.75) is 37.2 Å². The Morgan fingerprint density at radius 2 is 2.18 bits per heavy atom. The van der Waals surface area contributed by atoms with E-state index >= 15 is 0 Å². The summed E-state index contributed by atoms with van der Waals surface area (Å²) in [5.74, 6) is -0.0733. The molecule has 0 amide bonds. The number of aliphatic carboxylic acids is 1. The summed E-state index contributed by atoms with van der Waals surface area (Å²) in [6, 6.07) is 7.57. The molecule has 94 valence electrons. The summed E-state index contributed by atoms with van der Waals surface area (Å²) in [5.41, 5.74) is 1.00. The third-order valence-corrected chi connectivity index (χ3v) is 4.18. The van der Waals surface area contributed by atoms with E-state index in [1.807, 2.05) is 24.3 Å². The molecule has 1 unspecified atom stereocenters. The number of rotatable bonds is 7. The normalized spacial score (nSPS) is 12.4. The molecule has 0 aliphatic heterocycles. The molecular formula is C13H17ClO2S. The van der Waals surface area contributed by atoms with E-state index in [1.165, 1.54) is 11.8 Å². The maximum absolute atomic E-state index is 11.1. The summed E-state index contributed by atoms with van der Waals surface area (Å²) < 4.78 is 0. The van der Waals surface area contributed by atoms with Gasteiger partial charge in [-0.25, -0.2) is 0 Å². The van der Waals surface area contributed by atoms with E-state index in [0.29, 0.717) is 10.8 Å². The highest BCUT2D eigenvalue weighted by molar-refractivity contribution is 7.99. The van der Waals surface area contributed by atoms with Crippen LogP contribution in [0.1, 0.15) is 31.7 Å². The highest BCUT2D eigenvalue weighted by Gasteiger charge is 2.17. The van der Waals surface area contributed by atoms with Gasteiger partial charge in [0.15, 0.2) is 0 Å². The number of carbonyl (C=O) groups is 1. The molecule has 0 saturated carbocycles. The zero-order chi connectivity index (χ0) is 12.7. The van der Waals surface area contributed by atoms with Crippen molar-refractivity contribution >= 4 is 29.3 Å². The van der Waals surface area contributed by atoms with Crippen molar-refractivity contribution in [2.75, 3.05) is 0 Å². The third kappa shape index (κ3) is 5.00. The molecule has 0 saturated heterocycles. The van der Waals surface area contributed by atoms with Crippen molar-refractivity contribution < 1.29 is 9.90 Å². The van der Waals surface area contributed by atoms with Crippen LogP contribution >= 0.6 is 23.4 Å². The second-order valence-corrected chi connectivity index (χ2v) is 5.47. The van der Waals surface area contributed by atoms with Crippen LogP contribution in [0.4, 0.5) is 0 Å². The monoisotopic (exact) mass is 272 g/mol. The minimum Gasteiger partial charge on any atom is -0.480 e. The number of halogens is 1. The zero-order valence-corrected chi connectivity index (χ0v) is 11.4. The van der Waals surface area contributed by atoms with Gasteiger partial charge in [-0.2, -0.15) is 0 Å². The van der Waals surface area contributed by atoms with E-state index < -0.39 is 5.97 Å². The van der Waals surface area contributed by atoms with Crippen LogP contribution in [0.5, 0.6) is 0 Å². The first-order valence-corrected chi connectivity index (χ1v) is 7.15. The third-order valence-electron chi connectivity index (χ3n) is 2.49. The largest absolute Gasteiger partial charge is 0.480 e. The molecule has 0 aliphatic carbocycles. The Morgan fingerprint density at radius 3 is 2.76 bits per heavy atom. The number of thioether (sulfide) groups is 1. The van der Waals surface area contributed by atoms with Gasteiger partial charge >= 0.3 is 5.97 Å². The summed E-state index contributed by atoms with van der Waals surface area (Å²) >= 11 is 7.48. The van der Waals surface area contributed by atoms with Crippen LogP contribution in [-0.2, 0) is 10.5 Å². The second kappa shape index (κ2) is 7.62. The first-order valence-electron chi connectivity index (χ1n) is 5.73. The Balaban J connectivity index is 2.52. The number of carboxylic acid groups (broad SMARTS) is 1. The average Bonchev–Trinajstić information content (AvgIpc) is 2.31. The lowest BCUT2D eigenvalue weighted by atomic mass is 10.2. The molecule has 1 aromatic rings. The van der Waals surface area contributed by atoms with Gasteiger partial charge in [0.2, 0.25) is 0 Å². The predicted molar refractivity (Wildman–Crippen MR) is 73.7 cm³/mol. The van der Waals surface area contributed by atoms with Crippen LogP contribution in [0.2, 0.25) is 5.02 Å². The molecule has 0 heterocycles. The van der Waals surface area contributed by atoms with Gasteiger partial charge in [-0.3, -0.25) is 4.79 Å². The number of hydrogen-bond acceptors (Lipinski definition) is 2. The molecule has 1 atom stereocenters. The van der Waals surface area contributed by atoms with Gasteiger partial charge in [-0.05, 0) is 18.1 Å². The molecule has 1 aromatic carbocycles. The van der Waals surface area contributed by atoms with Crippen molar-refractivity contribution in [3.05, 3.63) is 34.9 Å². The van der Waals surface area contributed by atoms with Gasteiger partial charge in [-0.15, -0.1) is 11.8 Å². The minimum atomic E-state index is -0.726. The highest BCUT2D eigenvalue weighted by Crippen LogP contribution is 2.26. The molecule has 1 N–H and O–H groups in total. The minimum absolute atomic E-state index is 0.328. The lowest BCUT2D eigenvalue weighted by molar-refractivity contribution is -0.136. The molecule has 1 rings (SSSR count). The van der Waals surface area contributed by atoms with E-state index in [9.17, 15) is 4.79 Å². The second-order valence-electron chi connectivity index (χ2n) is 3.87. The first kappa shape index (κ1) is 14.4. The SMILES string of the molecule is CCCCC(SCc1ccccc1Cl)C(=O)O. The molecule has 0 fully saturated rings. The Hall–Kier alpha value is -0.670. The highest BCUT2D eigenvalue weighted by atomic mass is 35.5. The molecule has 17 heavy (non-hydrogen) atoms. The molecule has 0 aliphatic rings. The number of unbranched alkanes of at least 4 members (excludes halogenated alkanes) is 1. The van der Waals surface area contributed by atoms with Crippen LogP contribution in [0.25, 0.3) is 0 Å². The Kier molecular flexibility index (Phi) is 6.45. The van der Waals surface area contributed by atoms with E-state index in [2.05, 4.69) is 6.92 Å². The van der Waals surface area contributed by atoms with Crippen molar-refractivity contribution in [3.8, 4) is 0 Å². The van der Waals surface area contributed by atoms with Crippen LogP contribution < -0.4 is 0 Å². The van der Waals surface area contributed by atoms with Crippen molar-refractivity contribution in [3.63, 3.8) is 0 Å². The molecule has 0 spiro atoms. The summed E-state index contributed by atoms with van der Waals surface area (Å²) in [6.45, 7) is 2.07. The molecular weight excluding hydrogens is 256 g/mol. The quantitative estimate of drug-likeness (QED) is 0.808. The fraction of sp³-hybridized carbons (Fsp3) is 0.462. The van der Waals surface area contributed by atoms with E-state index in [1.54, 1.807) is 0 Å². The van der Waals surface area contributed by atoms with Crippen LogP contribution in [0.15, 0.2) is 24.3 Å². The fourth-order valence-electron chi connectivity index (χ4n) is 1.47. The summed E-state index contributed by atoms with van der Waals surface area (Å²) in [6.07, 6.45) is 2.70. The maximum Gasteiger partial charge on any atom is 0.316 e. The molecule has 2 nitrogen and oxygen atoms in total. The number of carboxylic acids is 1. The van der Waals surface area contributed by atoms with Gasteiger partial charge < -0.3 is 5.11 Å². The van der Waals surface area contributed by atoms with E-state index in [-0.39, 0.29) is 5.25 Å². The summed E-state index contributed by atoms with van der Waals surface area (Å²) in [5, 5.41) is 9.47. The van der Waals surface area contributed by atoms with Gasteiger partial charge in [0.05, 0.1) is 0 Å². The molecule has 0 aromatic heterocycles. The van der Waals surface area contributed by atoms with Crippen molar-refractivity contribution in [1.82, 2.24) is 0 Å². The van der Waals surface area contributed by atoms with Gasteiger partial charge in [0.25, 0.3) is 0 Å². The van der Waals surface area contributed by atoms with Crippen molar-refractivity contribution in [1.29, 1.82) is 0 Å². The molecule has 0 bridgehead atoms. The van der Waals surface area contributed by atoms with Crippen LogP contribution in [-0.4, -0.2) is 16.3 Å². The Morgan fingerprint density at radius 1 is 1.47 bits per heavy atom. The fourth-order valence-corrected chi connectivity index (χ4v) is 2.86. The summed E-state index contributed by atoms with van der Waals surface area (Å²) in [4.78, 5) is 11.1. The lowest BCUT2D eigenvalue weighted by Crippen LogP contribution is -2.16. The van der Waals surface area contributed by atoms with Crippen molar-refractivity contribution in [2.24, 2.45) is 0 Å². The number of hydrogen-bond donors (Lipinski definition) is 1. The maximum atomic E-state index is 11.1. The van der Waals surface area contributed by atoms with E-state index in [4.69, 9.17) is 16.7 Å². The predicted octanol–water partition coefficient (Wildman–Crippen LogP) is 4.22. The zero-order valence-electron chi connectivity index (χ0n) is 9.86.